The maximum atomic E-state index is 13.1. The average molecular weight is 1440 g/mol. The lowest BCUT2D eigenvalue weighted by atomic mass is 10.0. The van der Waals surface area contributed by atoms with Crippen LogP contribution in [0.2, 0.25) is 0 Å². The number of carbonyl (C=O) groups is 4. The van der Waals surface area contributed by atoms with Crippen LogP contribution in [-0.2, 0) is 65.4 Å². The quantitative estimate of drug-likeness (QED) is 0.0222. The van der Waals surface area contributed by atoms with Gasteiger partial charge in [0.2, 0.25) is 0 Å². The number of ether oxygens (including phenoxy) is 4. The van der Waals surface area contributed by atoms with Crippen LogP contribution >= 0.6 is 15.6 Å². The van der Waals surface area contributed by atoms with Crippen molar-refractivity contribution in [2.75, 3.05) is 39.6 Å². The number of hydrogen-bond donors (Lipinski definition) is 3. The highest BCUT2D eigenvalue weighted by molar-refractivity contribution is 7.47. The topological polar surface area (TPSA) is 237 Å². The van der Waals surface area contributed by atoms with Crippen LogP contribution in [0.1, 0.15) is 420 Å². The zero-order chi connectivity index (χ0) is 71.9. The smallest absolute Gasteiger partial charge is 0.462 e. The molecule has 0 radical (unpaired) electrons. The van der Waals surface area contributed by atoms with Gasteiger partial charge in [-0.25, -0.2) is 9.13 Å². The predicted molar refractivity (Wildman–Crippen MR) is 400 cm³/mol. The molecule has 0 bridgehead atoms. The van der Waals surface area contributed by atoms with Gasteiger partial charge in [0.25, 0.3) is 0 Å². The van der Waals surface area contributed by atoms with Crippen LogP contribution < -0.4 is 0 Å². The van der Waals surface area contributed by atoms with E-state index in [9.17, 15) is 43.2 Å². The van der Waals surface area contributed by atoms with E-state index in [0.29, 0.717) is 31.6 Å². The molecule has 0 aliphatic rings. The maximum Gasteiger partial charge on any atom is 0.472 e. The zero-order valence-corrected chi connectivity index (χ0v) is 65.7. The molecule has 0 fully saturated rings. The summed E-state index contributed by atoms with van der Waals surface area (Å²) >= 11 is 0. The van der Waals surface area contributed by atoms with Crippen molar-refractivity contribution in [2.24, 2.45) is 5.92 Å². The van der Waals surface area contributed by atoms with E-state index < -0.39 is 97.5 Å². The molecule has 19 heteroatoms. The second-order valence-electron chi connectivity index (χ2n) is 28.9. The molecule has 582 valence electrons. The fraction of sp³-hybridized carbons (Fsp3) is 0.949. The summed E-state index contributed by atoms with van der Waals surface area (Å²) in [6, 6.07) is 0. The number of unbranched alkanes of at least 4 members (excludes halogenated alkanes) is 51. The Morgan fingerprint density at radius 2 is 0.469 bits per heavy atom. The molecule has 0 aliphatic carbocycles. The van der Waals surface area contributed by atoms with Crippen molar-refractivity contribution in [3.05, 3.63) is 0 Å². The predicted octanol–water partition coefficient (Wildman–Crippen LogP) is 23.6. The minimum Gasteiger partial charge on any atom is -0.462 e. The van der Waals surface area contributed by atoms with E-state index >= 15 is 0 Å². The van der Waals surface area contributed by atoms with Crippen LogP contribution in [0.4, 0.5) is 0 Å². The van der Waals surface area contributed by atoms with Gasteiger partial charge in [-0.15, -0.1) is 0 Å². The Bertz CT molecular complexity index is 1870. The Hall–Kier alpha value is -1.94. The van der Waals surface area contributed by atoms with Gasteiger partial charge in [-0.05, 0) is 31.6 Å². The summed E-state index contributed by atoms with van der Waals surface area (Å²) in [6.07, 6.45) is 62.8. The molecular formula is C79H154O17P2. The highest BCUT2D eigenvalue weighted by atomic mass is 31.2. The van der Waals surface area contributed by atoms with Gasteiger partial charge in [-0.2, -0.15) is 0 Å². The molecule has 0 amide bonds. The van der Waals surface area contributed by atoms with Crippen molar-refractivity contribution in [1.29, 1.82) is 0 Å². The van der Waals surface area contributed by atoms with E-state index in [2.05, 4.69) is 34.6 Å². The molecule has 17 nitrogen and oxygen atoms in total. The van der Waals surface area contributed by atoms with Crippen molar-refractivity contribution in [3.8, 4) is 0 Å². The highest BCUT2D eigenvalue weighted by Gasteiger charge is 2.30. The Morgan fingerprint density at radius 1 is 0.276 bits per heavy atom. The normalized spacial score (nSPS) is 13.9. The molecule has 0 spiro atoms. The van der Waals surface area contributed by atoms with Crippen molar-refractivity contribution in [3.63, 3.8) is 0 Å². The second kappa shape index (κ2) is 72.0. The summed E-state index contributed by atoms with van der Waals surface area (Å²) in [4.78, 5) is 72.8. The molecule has 5 atom stereocenters. The molecule has 0 aromatic carbocycles. The van der Waals surface area contributed by atoms with Crippen LogP contribution in [0.3, 0.4) is 0 Å². The number of aliphatic hydroxyl groups excluding tert-OH is 1. The third-order valence-corrected chi connectivity index (χ3v) is 20.4. The first-order valence-electron chi connectivity index (χ1n) is 41.1. The fourth-order valence-corrected chi connectivity index (χ4v) is 13.8. The monoisotopic (exact) mass is 1440 g/mol. The molecule has 0 aromatic heterocycles. The van der Waals surface area contributed by atoms with Crippen LogP contribution in [-0.4, -0.2) is 96.7 Å². The maximum absolute atomic E-state index is 13.1. The van der Waals surface area contributed by atoms with Gasteiger partial charge in [0.05, 0.1) is 26.4 Å². The highest BCUT2D eigenvalue weighted by Crippen LogP contribution is 2.45. The molecule has 2 unspecified atom stereocenters. The molecule has 98 heavy (non-hydrogen) atoms. The van der Waals surface area contributed by atoms with Gasteiger partial charge in [-0.3, -0.25) is 37.3 Å². The lowest BCUT2D eigenvalue weighted by Gasteiger charge is -2.21. The first kappa shape index (κ1) is 96.1. The van der Waals surface area contributed by atoms with Crippen molar-refractivity contribution in [2.45, 2.75) is 438 Å². The third-order valence-electron chi connectivity index (χ3n) is 18.5. The second-order valence-corrected chi connectivity index (χ2v) is 31.8. The molecule has 0 rings (SSSR count). The summed E-state index contributed by atoms with van der Waals surface area (Å²) in [6.45, 7) is 7.23. The van der Waals surface area contributed by atoms with Gasteiger partial charge < -0.3 is 33.8 Å². The Morgan fingerprint density at radius 3 is 0.694 bits per heavy atom. The van der Waals surface area contributed by atoms with E-state index in [1.165, 1.54) is 244 Å². The SMILES string of the molecule is CCCCCCCCCCCCCCCCCCCCCCC(=O)O[C@H](COC(=O)CCCCCCCCCCCCCCCCCCCCC)COP(=O)(O)OC[C@@H](O)COP(=O)(O)OC[C@@H](COC(=O)CCCCCCCCCCC)OC(=O)CCCCCCCCCC(C)C. The fourth-order valence-electron chi connectivity index (χ4n) is 12.2. The van der Waals surface area contributed by atoms with E-state index in [0.717, 1.165) is 89.9 Å². The average Bonchev–Trinajstić information content (AvgIpc) is 0.967. The molecule has 0 saturated carbocycles. The largest absolute Gasteiger partial charge is 0.472 e. The van der Waals surface area contributed by atoms with E-state index in [1.807, 2.05) is 0 Å². The Labute approximate surface area is 600 Å². The van der Waals surface area contributed by atoms with Crippen molar-refractivity contribution in [1.82, 2.24) is 0 Å². The van der Waals surface area contributed by atoms with Gasteiger partial charge in [-0.1, -0.05) is 369 Å². The van der Waals surface area contributed by atoms with Crippen LogP contribution in [0.15, 0.2) is 0 Å². The van der Waals surface area contributed by atoms with E-state index in [4.69, 9.17) is 37.0 Å². The Balaban J connectivity index is 5.18. The molecule has 0 aromatic rings. The summed E-state index contributed by atoms with van der Waals surface area (Å²) in [7, 11) is -9.91. The van der Waals surface area contributed by atoms with Crippen LogP contribution in [0.25, 0.3) is 0 Å². The first-order chi connectivity index (χ1) is 47.5. The summed E-state index contributed by atoms with van der Waals surface area (Å²) in [5, 5.41) is 10.6. The number of carbonyl (C=O) groups excluding carboxylic acids is 4. The Kier molecular flexibility index (Phi) is 70.6. The number of esters is 4. The van der Waals surface area contributed by atoms with Crippen molar-refractivity contribution < 1.29 is 80.2 Å². The lowest BCUT2D eigenvalue weighted by molar-refractivity contribution is -0.161. The third kappa shape index (κ3) is 72.4. The number of rotatable bonds is 79. The number of phosphoric ester groups is 2. The van der Waals surface area contributed by atoms with Gasteiger partial charge in [0, 0.05) is 25.7 Å². The standard InChI is InChI=1S/C79H154O17P2/c1-6-9-12-15-18-21-23-25-27-29-31-33-35-37-39-41-44-49-54-59-64-78(83)95-74(68-90-77(82)63-58-53-48-43-40-38-36-34-32-30-28-26-24-22-19-16-13-10-7-2)70-93-97(85,86)91-66-73(80)67-92-98(87,88)94-71-75(69-89-76(81)62-57-52-47-42-20-17-14-11-8-3)96-79(84)65-60-55-50-45-46-51-56-61-72(4)5/h72-75,80H,6-71H2,1-5H3,(H,85,86)(H,87,88)/t73-,74-,75-/m1/s1. The minimum absolute atomic E-state index is 0.104. The summed E-state index contributed by atoms with van der Waals surface area (Å²) in [5.41, 5.74) is 0. The minimum atomic E-state index is -4.96. The lowest BCUT2D eigenvalue weighted by Crippen LogP contribution is -2.30. The number of aliphatic hydroxyl groups is 1. The van der Waals surface area contributed by atoms with Gasteiger partial charge in [0.15, 0.2) is 12.2 Å². The van der Waals surface area contributed by atoms with Crippen molar-refractivity contribution >= 4 is 39.5 Å². The number of phosphoric acid groups is 2. The molecule has 0 aliphatic heterocycles. The van der Waals surface area contributed by atoms with Gasteiger partial charge in [0.1, 0.15) is 19.3 Å². The molecular weight excluding hydrogens is 1280 g/mol. The number of hydrogen-bond acceptors (Lipinski definition) is 15. The summed E-state index contributed by atoms with van der Waals surface area (Å²) in [5.74, 6) is -1.42. The molecule has 0 heterocycles. The zero-order valence-electron chi connectivity index (χ0n) is 63.9. The molecule has 0 saturated heterocycles. The van der Waals surface area contributed by atoms with Crippen LogP contribution in [0.5, 0.6) is 0 Å². The van der Waals surface area contributed by atoms with E-state index in [-0.39, 0.29) is 25.7 Å². The van der Waals surface area contributed by atoms with Crippen LogP contribution in [0, 0.1) is 5.92 Å². The summed E-state index contributed by atoms with van der Waals surface area (Å²) < 4.78 is 68.5. The first-order valence-corrected chi connectivity index (χ1v) is 44.1. The molecule has 3 N–H and O–H groups in total. The van der Waals surface area contributed by atoms with Gasteiger partial charge >= 0.3 is 39.5 Å². The van der Waals surface area contributed by atoms with E-state index in [1.54, 1.807) is 0 Å².